The average Bonchev–Trinajstić information content (AvgIpc) is 3.10. The number of benzene rings is 1. The summed E-state index contributed by atoms with van der Waals surface area (Å²) in [5, 5.41) is 1.11. The van der Waals surface area contributed by atoms with Gasteiger partial charge in [0, 0.05) is 48.3 Å². The number of hydrogen-bond acceptors (Lipinski definition) is 2. The van der Waals surface area contributed by atoms with Crippen LogP contribution in [0.5, 0.6) is 0 Å². The number of nitrogens with one attached hydrogen (secondary N) is 1. The van der Waals surface area contributed by atoms with E-state index in [1.165, 1.54) is 19.4 Å². The van der Waals surface area contributed by atoms with Gasteiger partial charge >= 0.3 is 0 Å². The third-order valence-electron chi connectivity index (χ3n) is 4.89. The number of aromatic nitrogens is 1. The highest BCUT2D eigenvalue weighted by Gasteiger charge is 2.30. The molecule has 0 spiro atoms. The molecular formula is C17H21N3O. The predicted octanol–water partition coefficient (Wildman–Crippen LogP) is 2.48. The van der Waals surface area contributed by atoms with Crippen molar-refractivity contribution in [3.63, 3.8) is 0 Å². The number of fused-ring (bicyclic) bond motifs is 2. The monoisotopic (exact) mass is 283 g/mol. The smallest absolute Gasteiger partial charge is 0.253 e. The summed E-state index contributed by atoms with van der Waals surface area (Å²) >= 11 is 0. The summed E-state index contributed by atoms with van der Waals surface area (Å²) in [4.78, 5) is 20.6. The fourth-order valence-corrected chi connectivity index (χ4v) is 3.76. The van der Waals surface area contributed by atoms with Crippen LogP contribution in [0.4, 0.5) is 0 Å². The Morgan fingerprint density at radius 1 is 1.14 bits per heavy atom. The van der Waals surface area contributed by atoms with E-state index in [9.17, 15) is 4.79 Å². The molecule has 0 bridgehead atoms. The second-order valence-corrected chi connectivity index (χ2v) is 6.22. The van der Waals surface area contributed by atoms with Gasteiger partial charge in [-0.15, -0.1) is 0 Å². The molecule has 4 rings (SSSR count). The average molecular weight is 283 g/mol. The molecule has 21 heavy (non-hydrogen) atoms. The van der Waals surface area contributed by atoms with E-state index in [0.717, 1.165) is 42.5 Å². The van der Waals surface area contributed by atoms with Crippen LogP contribution in [0.25, 0.3) is 10.9 Å². The number of aromatic amines is 1. The minimum atomic E-state index is 0.187. The summed E-state index contributed by atoms with van der Waals surface area (Å²) in [6.07, 6.45) is 5.53. The lowest BCUT2D eigenvalue weighted by atomic mass is 10.1. The Labute approximate surface area is 124 Å². The standard InChI is InChI=1S/C17H21N3O/c21-17(14-4-5-16-13(11-14)6-7-18-16)20-10-2-9-19-8-1-3-15(19)12-20/h4-7,11,15,18H,1-3,8-10,12H2. The molecule has 1 aromatic carbocycles. The van der Waals surface area contributed by atoms with Crippen molar-refractivity contribution in [3.8, 4) is 0 Å². The number of amides is 1. The van der Waals surface area contributed by atoms with Crippen LogP contribution in [0, 0.1) is 0 Å². The van der Waals surface area contributed by atoms with Gasteiger partial charge in [0.25, 0.3) is 5.91 Å². The van der Waals surface area contributed by atoms with Gasteiger partial charge in [-0.3, -0.25) is 9.69 Å². The molecule has 1 amide bonds. The van der Waals surface area contributed by atoms with Crippen LogP contribution in [0.3, 0.4) is 0 Å². The maximum atomic E-state index is 12.8. The highest BCUT2D eigenvalue weighted by molar-refractivity contribution is 5.98. The molecule has 2 fully saturated rings. The summed E-state index contributed by atoms with van der Waals surface area (Å²) in [6, 6.07) is 8.55. The molecule has 0 radical (unpaired) electrons. The van der Waals surface area contributed by atoms with Crippen LogP contribution in [-0.2, 0) is 0 Å². The zero-order valence-electron chi connectivity index (χ0n) is 12.2. The van der Waals surface area contributed by atoms with Crippen molar-refractivity contribution >= 4 is 16.8 Å². The zero-order chi connectivity index (χ0) is 14.2. The van der Waals surface area contributed by atoms with E-state index in [2.05, 4.69) is 14.8 Å². The Hall–Kier alpha value is -1.81. The molecule has 110 valence electrons. The van der Waals surface area contributed by atoms with E-state index in [0.29, 0.717) is 6.04 Å². The van der Waals surface area contributed by atoms with Crippen molar-refractivity contribution < 1.29 is 4.79 Å². The first kappa shape index (κ1) is 12.9. The molecule has 1 aromatic heterocycles. The first-order chi connectivity index (χ1) is 10.3. The molecule has 1 atom stereocenters. The lowest BCUT2D eigenvalue weighted by Crippen LogP contribution is -2.39. The number of H-pyrrole nitrogens is 1. The van der Waals surface area contributed by atoms with Gasteiger partial charge in [-0.1, -0.05) is 0 Å². The van der Waals surface area contributed by atoms with Gasteiger partial charge in [-0.2, -0.15) is 0 Å². The summed E-state index contributed by atoms with van der Waals surface area (Å²) in [5.74, 6) is 0.187. The van der Waals surface area contributed by atoms with Crippen LogP contribution in [0.2, 0.25) is 0 Å². The van der Waals surface area contributed by atoms with Crippen molar-refractivity contribution in [1.29, 1.82) is 0 Å². The number of carbonyl (C=O) groups excluding carboxylic acids is 1. The third-order valence-corrected chi connectivity index (χ3v) is 4.89. The normalized spacial score (nSPS) is 23.2. The third kappa shape index (κ3) is 2.33. The molecule has 4 heteroatoms. The topological polar surface area (TPSA) is 39.3 Å². The highest BCUT2D eigenvalue weighted by Crippen LogP contribution is 2.23. The van der Waals surface area contributed by atoms with E-state index < -0.39 is 0 Å². The molecule has 1 unspecified atom stereocenters. The summed E-state index contributed by atoms with van der Waals surface area (Å²) in [7, 11) is 0. The van der Waals surface area contributed by atoms with E-state index in [1.54, 1.807) is 0 Å². The molecule has 0 aliphatic carbocycles. The van der Waals surface area contributed by atoms with Crippen molar-refractivity contribution in [2.75, 3.05) is 26.2 Å². The van der Waals surface area contributed by atoms with E-state index >= 15 is 0 Å². The number of rotatable bonds is 1. The quantitative estimate of drug-likeness (QED) is 0.873. The van der Waals surface area contributed by atoms with Gasteiger partial charge in [-0.25, -0.2) is 0 Å². The Bertz CT molecular complexity index is 663. The predicted molar refractivity (Wildman–Crippen MR) is 83.4 cm³/mol. The van der Waals surface area contributed by atoms with Gasteiger partial charge < -0.3 is 9.88 Å². The van der Waals surface area contributed by atoms with Gasteiger partial charge in [0.15, 0.2) is 0 Å². The van der Waals surface area contributed by atoms with Gasteiger partial charge in [0.05, 0.1) is 0 Å². The lowest BCUT2D eigenvalue weighted by molar-refractivity contribution is 0.0743. The Morgan fingerprint density at radius 2 is 2.05 bits per heavy atom. The maximum Gasteiger partial charge on any atom is 0.253 e. The van der Waals surface area contributed by atoms with Crippen LogP contribution in [-0.4, -0.2) is 52.9 Å². The summed E-state index contributed by atoms with van der Waals surface area (Å²) < 4.78 is 0. The Balaban J connectivity index is 1.57. The minimum Gasteiger partial charge on any atom is -0.361 e. The molecule has 2 aliphatic rings. The van der Waals surface area contributed by atoms with Crippen molar-refractivity contribution in [2.45, 2.75) is 25.3 Å². The SMILES string of the molecule is O=C(c1ccc2[nH]ccc2c1)N1CCCN2CCCC2C1. The number of nitrogens with zero attached hydrogens (tertiary/aromatic N) is 2. The van der Waals surface area contributed by atoms with Crippen molar-refractivity contribution in [3.05, 3.63) is 36.0 Å². The molecule has 2 aliphatic heterocycles. The Morgan fingerprint density at radius 3 is 3.00 bits per heavy atom. The van der Waals surface area contributed by atoms with Gasteiger partial charge in [-0.05, 0) is 50.1 Å². The summed E-state index contributed by atoms with van der Waals surface area (Å²) in [6.45, 7) is 4.13. The van der Waals surface area contributed by atoms with Crippen LogP contribution in [0.15, 0.2) is 30.5 Å². The van der Waals surface area contributed by atoms with E-state index in [-0.39, 0.29) is 5.91 Å². The lowest BCUT2D eigenvalue weighted by Gasteiger charge is -2.25. The van der Waals surface area contributed by atoms with E-state index in [1.807, 2.05) is 30.5 Å². The molecule has 2 saturated heterocycles. The van der Waals surface area contributed by atoms with Gasteiger partial charge in [0.2, 0.25) is 0 Å². The highest BCUT2D eigenvalue weighted by atomic mass is 16.2. The molecule has 1 N–H and O–H groups in total. The van der Waals surface area contributed by atoms with E-state index in [4.69, 9.17) is 0 Å². The number of carbonyl (C=O) groups is 1. The first-order valence-corrected chi connectivity index (χ1v) is 7.92. The van der Waals surface area contributed by atoms with Crippen molar-refractivity contribution in [2.24, 2.45) is 0 Å². The fraction of sp³-hybridized carbons (Fsp3) is 0.471. The number of hydrogen-bond donors (Lipinski definition) is 1. The molecule has 4 nitrogen and oxygen atoms in total. The summed E-state index contributed by atoms with van der Waals surface area (Å²) in [5.41, 5.74) is 1.90. The van der Waals surface area contributed by atoms with Crippen LogP contribution < -0.4 is 0 Å². The van der Waals surface area contributed by atoms with Crippen molar-refractivity contribution in [1.82, 2.24) is 14.8 Å². The van der Waals surface area contributed by atoms with Gasteiger partial charge in [0.1, 0.15) is 0 Å². The first-order valence-electron chi connectivity index (χ1n) is 7.92. The second kappa shape index (κ2) is 5.19. The Kier molecular flexibility index (Phi) is 3.19. The maximum absolute atomic E-state index is 12.8. The van der Waals surface area contributed by atoms with Crippen LogP contribution in [0.1, 0.15) is 29.6 Å². The molecule has 0 saturated carbocycles. The molecular weight excluding hydrogens is 262 g/mol. The fourth-order valence-electron chi connectivity index (χ4n) is 3.76. The largest absolute Gasteiger partial charge is 0.361 e. The van der Waals surface area contributed by atoms with Crippen LogP contribution >= 0.6 is 0 Å². The zero-order valence-corrected chi connectivity index (χ0v) is 12.2. The minimum absolute atomic E-state index is 0.187. The second-order valence-electron chi connectivity index (χ2n) is 6.22. The molecule has 3 heterocycles. The molecule has 2 aromatic rings.